The average Bonchev–Trinajstić information content (AvgIpc) is 2.62. The Morgan fingerprint density at radius 2 is 1.58 bits per heavy atom. The van der Waals surface area contributed by atoms with Crippen molar-refractivity contribution in [2.75, 3.05) is 18.4 Å². The molecule has 2 aromatic rings. The maximum Gasteiger partial charge on any atom is 0.255 e. The predicted molar refractivity (Wildman–Crippen MR) is 98.3 cm³/mol. The van der Waals surface area contributed by atoms with Gasteiger partial charge in [0.05, 0.1) is 0 Å². The van der Waals surface area contributed by atoms with E-state index in [0.717, 1.165) is 36.1 Å². The number of hydrogen-bond acceptors (Lipinski definition) is 2. The SMILES string of the molecule is O=C(Nc1cccc(Br)c1)c1ccc(C(=O)N2CCCCC2)cc1. The number of likely N-dealkylation sites (tertiary alicyclic amines) is 1. The smallest absolute Gasteiger partial charge is 0.255 e. The summed E-state index contributed by atoms with van der Waals surface area (Å²) in [6.07, 6.45) is 3.33. The summed E-state index contributed by atoms with van der Waals surface area (Å²) in [6.45, 7) is 1.65. The monoisotopic (exact) mass is 386 g/mol. The molecule has 0 unspecified atom stereocenters. The summed E-state index contributed by atoms with van der Waals surface area (Å²) in [5.74, 6) is -0.140. The van der Waals surface area contributed by atoms with E-state index >= 15 is 0 Å². The summed E-state index contributed by atoms with van der Waals surface area (Å²) in [5.41, 5.74) is 1.89. The summed E-state index contributed by atoms with van der Waals surface area (Å²) in [4.78, 5) is 26.6. The van der Waals surface area contributed by atoms with E-state index < -0.39 is 0 Å². The number of benzene rings is 2. The van der Waals surface area contributed by atoms with Gasteiger partial charge in [0, 0.05) is 34.4 Å². The third-order valence-corrected chi connectivity index (χ3v) is 4.61. The van der Waals surface area contributed by atoms with Crippen LogP contribution in [-0.2, 0) is 0 Å². The van der Waals surface area contributed by atoms with Gasteiger partial charge in [-0.2, -0.15) is 0 Å². The predicted octanol–water partition coefficient (Wildman–Crippen LogP) is 4.33. The second kappa shape index (κ2) is 7.62. The molecule has 1 aliphatic heterocycles. The summed E-state index contributed by atoms with van der Waals surface area (Å²) in [7, 11) is 0. The molecule has 0 aliphatic carbocycles. The van der Waals surface area contributed by atoms with Crippen LogP contribution in [0.5, 0.6) is 0 Å². The first-order valence-electron chi connectivity index (χ1n) is 8.10. The molecule has 1 fully saturated rings. The van der Waals surface area contributed by atoms with Gasteiger partial charge in [-0.1, -0.05) is 22.0 Å². The maximum atomic E-state index is 12.4. The van der Waals surface area contributed by atoms with Gasteiger partial charge in [0.1, 0.15) is 0 Å². The first kappa shape index (κ1) is 16.7. The van der Waals surface area contributed by atoms with E-state index in [1.54, 1.807) is 24.3 Å². The van der Waals surface area contributed by atoms with Crippen molar-refractivity contribution >= 4 is 33.4 Å². The molecule has 1 N–H and O–H groups in total. The number of piperidine rings is 1. The first-order valence-corrected chi connectivity index (χ1v) is 8.89. The largest absolute Gasteiger partial charge is 0.339 e. The van der Waals surface area contributed by atoms with E-state index in [0.29, 0.717) is 11.1 Å². The Bertz CT molecular complexity index is 737. The van der Waals surface area contributed by atoms with Gasteiger partial charge in [0.25, 0.3) is 11.8 Å². The van der Waals surface area contributed by atoms with Crippen LogP contribution in [-0.4, -0.2) is 29.8 Å². The van der Waals surface area contributed by atoms with Crippen LogP contribution in [0, 0.1) is 0 Å². The second-order valence-electron chi connectivity index (χ2n) is 5.89. The Kier molecular flexibility index (Phi) is 5.30. The van der Waals surface area contributed by atoms with Gasteiger partial charge in [0.15, 0.2) is 0 Å². The topological polar surface area (TPSA) is 49.4 Å². The van der Waals surface area contributed by atoms with Crippen molar-refractivity contribution in [2.24, 2.45) is 0 Å². The average molecular weight is 387 g/mol. The second-order valence-corrected chi connectivity index (χ2v) is 6.81. The number of carbonyl (C=O) groups is 2. The zero-order chi connectivity index (χ0) is 16.9. The van der Waals surface area contributed by atoms with Gasteiger partial charge in [-0.15, -0.1) is 0 Å². The minimum Gasteiger partial charge on any atom is -0.339 e. The van der Waals surface area contributed by atoms with Crippen molar-refractivity contribution in [1.29, 1.82) is 0 Å². The van der Waals surface area contributed by atoms with Crippen LogP contribution in [0.15, 0.2) is 53.0 Å². The maximum absolute atomic E-state index is 12.4. The van der Waals surface area contributed by atoms with E-state index in [4.69, 9.17) is 0 Å². The van der Waals surface area contributed by atoms with Crippen LogP contribution >= 0.6 is 15.9 Å². The number of carbonyl (C=O) groups excluding carboxylic acids is 2. The molecule has 0 bridgehead atoms. The molecule has 1 saturated heterocycles. The molecule has 4 nitrogen and oxygen atoms in total. The quantitative estimate of drug-likeness (QED) is 0.853. The van der Waals surface area contributed by atoms with Crippen LogP contribution in [0.25, 0.3) is 0 Å². The third kappa shape index (κ3) is 4.03. The van der Waals surface area contributed by atoms with E-state index in [-0.39, 0.29) is 11.8 Å². The Hall–Kier alpha value is -2.14. The van der Waals surface area contributed by atoms with Gasteiger partial charge >= 0.3 is 0 Å². The first-order chi connectivity index (χ1) is 11.6. The number of amides is 2. The van der Waals surface area contributed by atoms with Gasteiger partial charge in [-0.25, -0.2) is 0 Å². The highest BCUT2D eigenvalue weighted by atomic mass is 79.9. The molecule has 1 aliphatic rings. The van der Waals surface area contributed by atoms with E-state index in [1.165, 1.54) is 6.42 Å². The minimum atomic E-state index is -0.190. The van der Waals surface area contributed by atoms with Crippen molar-refractivity contribution in [3.05, 3.63) is 64.1 Å². The van der Waals surface area contributed by atoms with Crippen molar-refractivity contribution < 1.29 is 9.59 Å². The molecule has 3 rings (SSSR count). The molecule has 0 radical (unpaired) electrons. The van der Waals surface area contributed by atoms with Gasteiger partial charge < -0.3 is 10.2 Å². The molecular formula is C19H19BrN2O2. The lowest BCUT2D eigenvalue weighted by Gasteiger charge is -2.26. The zero-order valence-corrected chi connectivity index (χ0v) is 14.9. The molecule has 0 aromatic heterocycles. The Balaban J connectivity index is 1.67. The van der Waals surface area contributed by atoms with Crippen LogP contribution in [0.3, 0.4) is 0 Å². The lowest BCUT2D eigenvalue weighted by molar-refractivity contribution is 0.0724. The van der Waals surface area contributed by atoms with Crippen molar-refractivity contribution in [3.8, 4) is 0 Å². The van der Waals surface area contributed by atoms with E-state index in [2.05, 4.69) is 21.2 Å². The Morgan fingerprint density at radius 1 is 0.917 bits per heavy atom. The molecule has 5 heteroatoms. The van der Waals surface area contributed by atoms with E-state index in [9.17, 15) is 9.59 Å². The highest BCUT2D eigenvalue weighted by Gasteiger charge is 2.18. The Morgan fingerprint density at radius 3 is 2.25 bits per heavy atom. The Labute approximate surface area is 150 Å². The molecule has 24 heavy (non-hydrogen) atoms. The molecule has 0 saturated carbocycles. The fourth-order valence-corrected chi connectivity index (χ4v) is 3.21. The molecule has 2 aromatic carbocycles. The summed E-state index contributed by atoms with van der Waals surface area (Å²) >= 11 is 3.38. The molecule has 124 valence electrons. The highest BCUT2D eigenvalue weighted by molar-refractivity contribution is 9.10. The lowest BCUT2D eigenvalue weighted by Crippen LogP contribution is -2.35. The molecule has 2 amide bonds. The van der Waals surface area contributed by atoms with Crippen molar-refractivity contribution in [3.63, 3.8) is 0 Å². The summed E-state index contributed by atoms with van der Waals surface area (Å²) in [6, 6.07) is 14.3. The number of nitrogens with one attached hydrogen (secondary N) is 1. The van der Waals surface area contributed by atoms with Gasteiger partial charge in [0.2, 0.25) is 0 Å². The zero-order valence-electron chi connectivity index (χ0n) is 13.3. The van der Waals surface area contributed by atoms with Gasteiger partial charge in [-0.05, 0) is 61.7 Å². The normalized spacial score (nSPS) is 14.3. The fraction of sp³-hybridized carbons (Fsp3) is 0.263. The summed E-state index contributed by atoms with van der Waals surface area (Å²) in [5, 5.41) is 2.85. The lowest BCUT2D eigenvalue weighted by atomic mass is 10.1. The number of hydrogen-bond donors (Lipinski definition) is 1. The molecular weight excluding hydrogens is 368 g/mol. The number of halogens is 1. The number of nitrogens with zero attached hydrogens (tertiary/aromatic N) is 1. The number of rotatable bonds is 3. The van der Waals surface area contributed by atoms with Crippen molar-refractivity contribution in [1.82, 2.24) is 4.90 Å². The fourth-order valence-electron chi connectivity index (χ4n) is 2.81. The van der Waals surface area contributed by atoms with E-state index in [1.807, 2.05) is 29.2 Å². The minimum absolute atomic E-state index is 0.0497. The van der Waals surface area contributed by atoms with Crippen molar-refractivity contribution in [2.45, 2.75) is 19.3 Å². The van der Waals surface area contributed by atoms with Crippen LogP contribution in [0.4, 0.5) is 5.69 Å². The molecule has 1 heterocycles. The third-order valence-electron chi connectivity index (χ3n) is 4.12. The summed E-state index contributed by atoms with van der Waals surface area (Å²) < 4.78 is 0.905. The highest BCUT2D eigenvalue weighted by Crippen LogP contribution is 2.17. The van der Waals surface area contributed by atoms with Crippen LogP contribution in [0.2, 0.25) is 0 Å². The van der Waals surface area contributed by atoms with Crippen LogP contribution < -0.4 is 5.32 Å². The molecule has 0 atom stereocenters. The standard InChI is InChI=1S/C19H19BrN2O2/c20-16-5-4-6-17(13-16)21-18(23)14-7-9-15(10-8-14)19(24)22-11-2-1-3-12-22/h4-10,13H,1-3,11-12H2,(H,21,23). The van der Waals surface area contributed by atoms with Crippen LogP contribution in [0.1, 0.15) is 40.0 Å². The van der Waals surface area contributed by atoms with Gasteiger partial charge in [-0.3, -0.25) is 9.59 Å². The number of anilines is 1. The molecule has 0 spiro atoms.